The highest BCUT2D eigenvalue weighted by Crippen LogP contribution is 2.16. The Balaban J connectivity index is 4.40. The molecule has 8 nitrogen and oxygen atoms in total. The van der Waals surface area contributed by atoms with Crippen LogP contribution in [-0.2, 0) is 23.8 Å². The second-order valence-corrected chi connectivity index (χ2v) is 15.9. The molecule has 1 amide bonds. The summed E-state index contributed by atoms with van der Waals surface area (Å²) in [4.78, 5) is 41.2. The van der Waals surface area contributed by atoms with Gasteiger partial charge >= 0.3 is 18.0 Å². The molecule has 0 aliphatic rings. The molecule has 0 aliphatic heterocycles. The first kappa shape index (κ1) is 49.2. The van der Waals surface area contributed by atoms with Crippen LogP contribution in [0.15, 0.2) is 0 Å². The second-order valence-electron chi connectivity index (χ2n) is 15.9. The van der Waals surface area contributed by atoms with E-state index in [1.54, 1.807) is 4.90 Å². The van der Waals surface area contributed by atoms with E-state index in [1.165, 1.54) is 64.2 Å². The highest BCUT2D eigenvalue weighted by molar-refractivity contribution is 5.69. The molecular weight excluding hydrogens is 640 g/mol. The fourth-order valence-electron chi connectivity index (χ4n) is 6.35. The van der Waals surface area contributed by atoms with Gasteiger partial charge < -0.3 is 24.0 Å². The van der Waals surface area contributed by atoms with Gasteiger partial charge in [0.25, 0.3) is 0 Å². The molecule has 51 heavy (non-hydrogen) atoms. The molecule has 0 saturated carbocycles. The number of carbonyl (C=O) groups excluding carboxylic acids is 3. The largest absolute Gasteiger partial charge is 0.462 e. The number of hydrogen-bond donors (Lipinski definition) is 0. The first-order chi connectivity index (χ1) is 24.4. The molecule has 0 aliphatic carbocycles. The minimum atomic E-state index is -0.484. The van der Waals surface area contributed by atoms with Crippen molar-refractivity contribution < 1.29 is 28.6 Å². The summed E-state index contributed by atoms with van der Waals surface area (Å²) in [5.74, 6) is -0.0470. The fourth-order valence-corrected chi connectivity index (χ4v) is 6.35. The summed E-state index contributed by atoms with van der Waals surface area (Å²) >= 11 is 0. The topological polar surface area (TPSA) is 85.4 Å². The van der Waals surface area contributed by atoms with Crippen LogP contribution in [0.4, 0.5) is 4.79 Å². The van der Waals surface area contributed by atoms with E-state index in [9.17, 15) is 14.4 Å². The minimum absolute atomic E-state index is 0.0235. The summed E-state index contributed by atoms with van der Waals surface area (Å²) in [6.07, 6.45) is 26.3. The number of esters is 2. The van der Waals surface area contributed by atoms with Gasteiger partial charge in [-0.05, 0) is 111 Å². The molecule has 0 aromatic carbocycles. The maximum atomic E-state index is 12.4. The van der Waals surface area contributed by atoms with E-state index in [2.05, 4.69) is 32.6 Å². The van der Waals surface area contributed by atoms with Gasteiger partial charge in [-0.2, -0.15) is 0 Å². The molecule has 0 saturated heterocycles. The van der Waals surface area contributed by atoms with Gasteiger partial charge in [0.2, 0.25) is 0 Å². The molecular formula is C43H84N2O6. The van der Waals surface area contributed by atoms with Crippen molar-refractivity contribution in [3.8, 4) is 0 Å². The van der Waals surface area contributed by atoms with Crippen LogP contribution in [0.5, 0.6) is 0 Å². The molecule has 0 aromatic rings. The van der Waals surface area contributed by atoms with Gasteiger partial charge in [0, 0.05) is 26.4 Å². The van der Waals surface area contributed by atoms with Crippen LogP contribution in [0, 0.1) is 0 Å². The Morgan fingerprint density at radius 2 is 0.902 bits per heavy atom. The SMILES string of the molecule is CCCCCC(CC)OC(=O)CCCCCCCCN(CCCCCCCCC(=O)OC(CC)CCCCC)CCCN(C)C(=O)OC(C)(C)C. The van der Waals surface area contributed by atoms with Crippen molar-refractivity contribution in [3.63, 3.8) is 0 Å². The number of rotatable bonds is 34. The molecule has 0 heterocycles. The summed E-state index contributed by atoms with van der Waals surface area (Å²) in [5, 5.41) is 0. The third-order valence-electron chi connectivity index (χ3n) is 9.65. The van der Waals surface area contributed by atoms with Crippen LogP contribution in [0.1, 0.15) is 209 Å². The monoisotopic (exact) mass is 725 g/mol. The van der Waals surface area contributed by atoms with Gasteiger partial charge in [-0.1, -0.05) is 105 Å². The van der Waals surface area contributed by atoms with Crippen molar-refractivity contribution in [1.82, 2.24) is 9.80 Å². The molecule has 0 aromatic heterocycles. The number of unbranched alkanes of at least 4 members (excludes halogenated alkanes) is 14. The zero-order valence-electron chi connectivity index (χ0n) is 35.0. The molecule has 8 heteroatoms. The van der Waals surface area contributed by atoms with Crippen molar-refractivity contribution in [1.29, 1.82) is 0 Å². The van der Waals surface area contributed by atoms with E-state index in [4.69, 9.17) is 14.2 Å². The molecule has 2 atom stereocenters. The van der Waals surface area contributed by atoms with E-state index >= 15 is 0 Å². The van der Waals surface area contributed by atoms with Crippen LogP contribution in [0.2, 0.25) is 0 Å². The van der Waals surface area contributed by atoms with Gasteiger partial charge in [0.1, 0.15) is 17.8 Å². The predicted molar refractivity (Wildman–Crippen MR) is 213 cm³/mol. The van der Waals surface area contributed by atoms with E-state index < -0.39 is 5.60 Å². The van der Waals surface area contributed by atoms with E-state index in [0.717, 1.165) is 103 Å². The molecule has 0 radical (unpaired) electrons. The summed E-state index contributed by atoms with van der Waals surface area (Å²) in [6.45, 7) is 18.1. The summed E-state index contributed by atoms with van der Waals surface area (Å²) < 4.78 is 16.9. The lowest BCUT2D eigenvalue weighted by atomic mass is 10.1. The average Bonchev–Trinajstić information content (AvgIpc) is 3.08. The maximum Gasteiger partial charge on any atom is 0.410 e. The molecule has 0 rings (SSSR count). The van der Waals surface area contributed by atoms with Gasteiger partial charge in [-0.25, -0.2) is 4.79 Å². The number of ether oxygens (including phenoxy) is 3. The third kappa shape index (κ3) is 31.4. The van der Waals surface area contributed by atoms with Crippen molar-refractivity contribution in [2.45, 2.75) is 227 Å². The summed E-state index contributed by atoms with van der Waals surface area (Å²) in [5.41, 5.74) is -0.484. The van der Waals surface area contributed by atoms with Crippen LogP contribution in [-0.4, -0.2) is 78.9 Å². The Morgan fingerprint density at radius 1 is 0.510 bits per heavy atom. The maximum absolute atomic E-state index is 12.4. The van der Waals surface area contributed by atoms with Crippen molar-refractivity contribution in [3.05, 3.63) is 0 Å². The third-order valence-corrected chi connectivity index (χ3v) is 9.65. The first-order valence-electron chi connectivity index (χ1n) is 21.5. The zero-order valence-corrected chi connectivity index (χ0v) is 35.0. The zero-order chi connectivity index (χ0) is 38.2. The van der Waals surface area contributed by atoms with Crippen molar-refractivity contribution in [2.24, 2.45) is 0 Å². The van der Waals surface area contributed by atoms with Crippen molar-refractivity contribution >= 4 is 18.0 Å². The Morgan fingerprint density at radius 3 is 1.29 bits per heavy atom. The molecule has 2 unspecified atom stereocenters. The quantitative estimate of drug-likeness (QED) is 0.0371. The highest BCUT2D eigenvalue weighted by Gasteiger charge is 2.19. The molecule has 302 valence electrons. The summed E-state index contributed by atoms with van der Waals surface area (Å²) in [7, 11) is 1.82. The van der Waals surface area contributed by atoms with Crippen LogP contribution < -0.4 is 0 Å². The van der Waals surface area contributed by atoms with E-state index in [1.807, 2.05) is 27.8 Å². The number of carbonyl (C=O) groups is 3. The lowest BCUT2D eigenvalue weighted by Gasteiger charge is -2.26. The van der Waals surface area contributed by atoms with Gasteiger partial charge in [0.05, 0.1) is 0 Å². The van der Waals surface area contributed by atoms with Gasteiger partial charge in [-0.15, -0.1) is 0 Å². The van der Waals surface area contributed by atoms with Crippen molar-refractivity contribution in [2.75, 3.05) is 33.2 Å². The molecule has 0 fully saturated rings. The minimum Gasteiger partial charge on any atom is -0.462 e. The van der Waals surface area contributed by atoms with E-state index in [0.29, 0.717) is 19.4 Å². The van der Waals surface area contributed by atoms with Crippen LogP contribution in [0.25, 0.3) is 0 Å². The summed E-state index contributed by atoms with van der Waals surface area (Å²) in [6, 6.07) is 0. The smallest absolute Gasteiger partial charge is 0.410 e. The standard InChI is InChI=1S/C43H84N2O6/c1-9-13-23-30-38(11-3)49-40(46)32-25-19-15-17-21-27-35-45(37-29-34-44(8)42(48)51-43(5,6)7)36-28-22-18-16-20-26-33-41(47)50-39(12-4)31-24-14-10-2/h38-39H,9-37H2,1-8H3. The Kier molecular flexibility index (Phi) is 31.6. The lowest BCUT2D eigenvalue weighted by molar-refractivity contribution is -0.150. The van der Waals surface area contributed by atoms with Gasteiger partial charge in [0.15, 0.2) is 0 Å². The predicted octanol–water partition coefficient (Wildman–Crippen LogP) is 11.8. The van der Waals surface area contributed by atoms with E-state index in [-0.39, 0.29) is 30.2 Å². The first-order valence-corrected chi connectivity index (χ1v) is 21.5. The molecule has 0 spiro atoms. The molecule has 0 bridgehead atoms. The second kappa shape index (κ2) is 32.8. The Hall–Kier alpha value is -1.83. The number of nitrogens with zero attached hydrogens (tertiary/aromatic N) is 2. The number of amides is 1. The Labute approximate surface area is 315 Å². The Bertz CT molecular complexity index is 797. The fraction of sp³-hybridized carbons (Fsp3) is 0.930. The average molecular weight is 725 g/mol. The highest BCUT2D eigenvalue weighted by atomic mass is 16.6. The lowest BCUT2D eigenvalue weighted by Crippen LogP contribution is -2.36. The van der Waals surface area contributed by atoms with Crippen LogP contribution >= 0.6 is 0 Å². The van der Waals surface area contributed by atoms with Crippen LogP contribution in [0.3, 0.4) is 0 Å². The normalized spacial score (nSPS) is 12.9. The van der Waals surface area contributed by atoms with Gasteiger partial charge in [-0.3, -0.25) is 9.59 Å². The molecule has 0 N–H and O–H groups in total. The number of hydrogen-bond acceptors (Lipinski definition) is 7.